The lowest BCUT2D eigenvalue weighted by Crippen LogP contribution is -2.45. The summed E-state index contributed by atoms with van der Waals surface area (Å²) in [6, 6.07) is 10.6. The molecule has 0 amide bonds. The average molecular weight is 262 g/mol. The summed E-state index contributed by atoms with van der Waals surface area (Å²) in [7, 11) is 0. The number of rotatable bonds is 6. The van der Waals surface area contributed by atoms with Crippen molar-refractivity contribution in [1.82, 2.24) is 10.2 Å². The molecule has 1 aromatic carbocycles. The minimum absolute atomic E-state index is 0.196. The molecule has 3 heteroatoms. The minimum atomic E-state index is 0.196. The first-order chi connectivity index (χ1) is 9.25. The summed E-state index contributed by atoms with van der Waals surface area (Å²) in [5.41, 5.74) is 1.29. The predicted molar refractivity (Wildman–Crippen MR) is 79.3 cm³/mol. The second kappa shape index (κ2) is 7.63. The van der Waals surface area contributed by atoms with E-state index in [1.54, 1.807) is 0 Å². The monoisotopic (exact) mass is 262 g/mol. The van der Waals surface area contributed by atoms with E-state index in [4.69, 9.17) is 4.74 Å². The highest BCUT2D eigenvalue weighted by atomic mass is 16.5. The van der Waals surface area contributed by atoms with E-state index < -0.39 is 0 Å². The van der Waals surface area contributed by atoms with Gasteiger partial charge in [-0.15, -0.1) is 0 Å². The van der Waals surface area contributed by atoms with Crippen molar-refractivity contribution >= 4 is 0 Å². The molecule has 1 saturated heterocycles. The lowest BCUT2D eigenvalue weighted by atomic mass is 10.1. The zero-order valence-electron chi connectivity index (χ0n) is 12.1. The van der Waals surface area contributed by atoms with Gasteiger partial charge in [-0.25, -0.2) is 0 Å². The molecule has 1 fully saturated rings. The largest absolute Gasteiger partial charge is 0.372 e. The molecular formula is C16H26N2O. The van der Waals surface area contributed by atoms with E-state index in [-0.39, 0.29) is 6.10 Å². The van der Waals surface area contributed by atoms with E-state index in [1.165, 1.54) is 5.56 Å². The third-order valence-corrected chi connectivity index (χ3v) is 3.44. The fourth-order valence-electron chi connectivity index (χ4n) is 2.36. The Labute approximate surface area is 116 Å². The Morgan fingerprint density at radius 2 is 1.84 bits per heavy atom. The summed E-state index contributed by atoms with van der Waals surface area (Å²) < 4.78 is 6.13. The lowest BCUT2D eigenvalue weighted by molar-refractivity contribution is 0.00873. The standard InChI is InChI=1S/C16H26N2O/c1-14(2)13-19-16(15-6-4-3-5-7-15)12-18-10-8-17-9-11-18/h3-7,14,16-17H,8-13H2,1-2H3. The minimum Gasteiger partial charge on any atom is -0.372 e. The van der Waals surface area contributed by atoms with Crippen LogP contribution < -0.4 is 5.32 Å². The maximum absolute atomic E-state index is 6.13. The predicted octanol–water partition coefficient (Wildman–Crippen LogP) is 2.31. The van der Waals surface area contributed by atoms with Crippen molar-refractivity contribution in [3.05, 3.63) is 35.9 Å². The van der Waals surface area contributed by atoms with Crippen molar-refractivity contribution in [3.8, 4) is 0 Å². The van der Waals surface area contributed by atoms with E-state index in [9.17, 15) is 0 Å². The number of nitrogens with one attached hydrogen (secondary N) is 1. The highest BCUT2D eigenvalue weighted by Gasteiger charge is 2.18. The SMILES string of the molecule is CC(C)COC(CN1CCNCC1)c1ccccc1. The molecule has 3 nitrogen and oxygen atoms in total. The van der Waals surface area contributed by atoms with Crippen molar-refractivity contribution < 1.29 is 4.74 Å². The molecular weight excluding hydrogens is 236 g/mol. The third kappa shape index (κ3) is 4.94. The third-order valence-electron chi connectivity index (χ3n) is 3.44. The van der Waals surface area contributed by atoms with Gasteiger partial charge in [-0.1, -0.05) is 44.2 Å². The van der Waals surface area contributed by atoms with Crippen LogP contribution in [0.15, 0.2) is 30.3 Å². The topological polar surface area (TPSA) is 24.5 Å². The summed E-state index contributed by atoms with van der Waals surface area (Å²) >= 11 is 0. The number of hydrogen-bond donors (Lipinski definition) is 1. The zero-order valence-corrected chi connectivity index (χ0v) is 12.1. The van der Waals surface area contributed by atoms with Gasteiger partial charge < -0.3 is 10.1 Å². The normalized spacial score (nSPS) is 18.7. The van der Waals surface area contributed by atoms with Crippen molar-refractivity contribution in [2.45, 2.75) is 20.0 Å². The van der Waals surface area contributed by atoms with E-state index in [1.807, 2.05) is 0 Å². The Morgan fingerprint density at radius 1 is 1.16 bits per heavy atom. The molecule has 106 valence electrons. The van der Waals surface area contributed by atoms with Crippen LogP contribution in [0.3, 0.4) is 0 Å². The van der Waals surface area contributed by atoms with Crippen LogP contribution >= 0.6 is 0 Å². The van der Waals surface area contributed by atoms with E-state index in [0.717, 1.165) is 39.3 Å². The Bertz CT molecular complexity index is 347. The van der Waals surface area contributed by atoms with Crippen LogP contribution in [0.5, 0.6) is 0 Å². The highest BCUT2D eigenvalue weighted by molar-refractivity contribution is 5.18. The van der Waals surface area contributed by atoms with Gasteiger partial charge in [0, 0.05) is 39.3 Å². The van der Waals surface area contributed by atoms with Gasteiger partial charge in [0.2, 0.25) is 0 Å². The first-order valence-electron chi connectivity index (χ1n) is 7.35. The molecule has 0 saturated carbocycles. The zero-order chi connectivity index (χ0) is 13.5. The van der Waals surface area contributed by atoms with Gasteiger partial charge in [-0.3, -0.25) is 4.90 Å². The molecule has 2 rings (SSSR count). The van der Waals surface area contributed by atoms with Crippen LogP contribution in [-0.4, -0.2) is 44.2 Å². The Balaban J connectivity index is 1.96. The van der Waals surface area contributed by atoms with Crippen molar-refractivity contribution in [2.24, 2.45) is 5.92 Å². The van der Waals surface area contributed by atoms with Gasteiger partial charge in [0.25, 0.3) is 0 Å². The van der Waals surface area contributed by atoms with E-state index in [2.05, 4.69) is 54.4 Å². The lowest BCUT2D eigenvalue weighted by Gasteiger charge is -2.31. The molecule has 1 atom stereocenters. The summed E-state index contributed by atoms with van der Waals surface area (Å²) in [6.45, 7) is 10.6. The molecule has 1 aliphatic heterocycles. The van der Waals surface area contributed by atoms with Gasteiger partial charge in [0.05, 0.1) is 6.10 Å². The Morgan fingerprint density at radius 3 is 2.47 bits per heavy atom. The number of ether oxygens (including phenoxy) is 1. The molecule has 1 aliphatic rings. The van der Waals surface area contributed by atoms with Gasteiger partial charge in [0.15, 0.2) is 0 Å². The first-order valence-corrected chi connectivity index (χ1v) is 7.35. The smallest absolute Gasteiger partial charge is 0.0951 e. The summed E-state index contributed by atoms with van der Waals surface area (Å²) in [4.78, 5) is 2.49. The molecule has 1 N–H and O–H groups in total. The highest BCUT2D eigenvalue weighted by Crippen LogP contribution is 2.19. The molecule has 19 heavy (non-hydrogen) atoms. The van der Waals surface area contributed by atoms with Gasteiger partial charge in [-0.05, 0) is 11.5 Å². The van der Waals surface area contributed by atoms with Crippen LogP contribution in [0.4, 0.5) is 0 Å². The first kappa shape index (κ1) is 14.5. The molecule has 1 heterocycles. The molecule has 0 spiro atoms. The number of nitrogens with zero attached hydrogens (tertiary/aromatic N) is 1. The van der Waals surface area contributed by atoms with Crippen LogP contribution in [0.25, 0.3) is 0 Å². The quantitative estimate of drug-likeness (QED) is 0.851. The van der Waals surface area contributed by atoms with E-state index in [0.29, 0.717) is 5.92 Å². The second-order valence-corrected chi connectivity index (χ2v) is 5.68. The second-order valence-electron chi connectivity index (χ2n) is 5.68. The maximum Gasteiger partial charge on any atom is 0.0951 e. The van der Waals surface area contributed by atoms with Crippen LogP contribution in [0.1, 0.15) is 25.5 Å². The van der Waals surface area contributed by atoms with Crippen LogP contribution in [-0.2, 0) is 4.74 Å². The van der Waals surface area contributed by atoms with Crippen molar-refractivity contribution in [1.29, 1.82) is 0 Å². The van der Waals surface area contributed by atoms with E-state index >= 15 is 0 Å². The summed E-state index contributed by atoms with van der Waals surface area (Å²) in [6.07, 6.45) is 0.196. The molecule has 0 aromatic heterocycles. The van der Waals surface area contributed by atoms with Crippen molar-refractivity contribution in [3.63, 3.8) is 0 Å². The van der Waals surface area contributed by atoms with Crippen LogP contribution in [0, 0.1) is 5.92 Å². The number of hydrogen-bond acceptors (Lipinski definition) is 3. The number of benzene rings is 1. The Hall–Kier alpha value is -0.900. The fourth-order valence-corrected chi connectivity index (χ4v) is 2.36. The molecule has 0 bridgehead atoms. The average Bonchev–Trinajstić information content (AvgIpc) is 2.45. The maximum atomic E-state index is 6.13. The molecule has 1 aromatic rings. The van der Waals surface area contributed by atoms with Gasteiger partial charge >= 0.3 is 0 Å². The fraction of sp³-hybridized carbons (Fsp3) is 0.625. The Kier molecular flexibility index (Phi) is 5.83. The van der Waals surface area contributed by atoms with Crippen LogP contribution in [0.2, 0.25) is 0 Å². The molecule has 0 aliphatic carbocycles. The summed E-state index contributed by atoms with van der Waals surface area (Å²) in [5, 5.41) is 3.40. The molecule has 0 radical (unpaired) electrons. The van der Waals surface area contributed by atoms with Crippen molar-refractivity contribution in [2.75, 3.05) is 39.3 Å². The van der Waals surface area contributed by atoms with Gasteiger partial charge in [-0.2, -0.15) is 0 Å². The molecule has 1 unspecified atom stereocenters. The summed E-state index contributed by atoms with van der Waals surface area (Å²) in [5.74, 6) is 0.578. The number of piperazine rings is 1. The van der Waals surface area contributed by atoms with Gasteiger partial charge in [0.1, 0.15) is 0 Å².